The van der Waals surface area contributed by atoms with Gasteiger partial charge in [-0.2, -0.15) is 0 Å². The molecule has 0 spiro atoms. The fourth-order valence-electron chi connectivity index (χ4n) is 1.64. The van der Waals surface area contributed by atoms with Crippen LogP contribution in [0.25, 0.3) is 0 Å². The number of aryl methyl sites for hydroxylation is 2. The van der Waals surface area contributed by atoms with Crippen molar-refractivity contribution in [3.63, 3.8) is 0 Å². The van der Waals surface area contributed by atoms with E-state index in [9.17, 15) is 5.11 Å². The van der Waals surface area contributed by atoms with E-state index >= 15 is 0 Å². The first kappa shape index (κ1) is 13.2. The summed E-state index contributed by atoms with van der Waals surface area (Å²) >= 11 is 0. The van der Waals surface area contributed by atoms with Crippen LogP contribution in [0.3, 0.4) is 0 Å². The summed E-state index contributed by atoms with van der Waals surface area (Å²) in [6, 6.07) is 6.32. The second-order valence-corrected chi connectivity index (χ2v) is 4.67. The second-order valence-electron chi connectivity index (χ2n) is 4.67. The molecule has 90 valence electrons. The Morgan fingerprint density at radius 3 is 2.56 bits per heavy atom. The molecule has 2 heteroatoms. The van der Waals surface area contributed by atoms with Gasteiger partial charge < -0.3 is 9.84 Å². The highest BCUT2D eigenvalue weighted by atomic mass is 16.5. The van der Waals surface area contributed by atoms with Crippen molar-refractivity contribution >= 4 is 0 Å². The number of benzene rings is 1. The molecule has 2 nitrogen and oxygen atoms in total. The molecule has 0 aliphatic rings. The molecule has 0 amide bonds. The molecule has 1 rings (SSSR count). The number of aliphatic hydroxyl groups is 1. The standard InChI is InChI=1S/C14H22O2/c1-10(2)16-9-14(15)8-13-7-11(3)5-6-12(13)4/h5-7,10,14-15H,8-9H2,1-4H3. The van der Waals surface area contributed by atoms with Gasteiger partial charge in [0, 0.05) is 6.42 Å². The van der Waals surface area contributed by atoms with Gasteiger partial charge in [-0.1, -0.05) is 23.8 Å². The number of hydrogen-bond acceptors (Lipinski definition) is 2. The summed E-state index contributed by atoms with van der Waals surface area (Å²) in [5, 5.41) is 9.84. The Kier molecular flexibility index (Phi) is 4.97. The quantitative estimate of drug-likeness (QED) is 0.830. The van der Waals surface area contributed by atoms with Gasteiger partial charge in [-0.3, -0.25) is 0 Å². The van der Waals surface area contributed by atoms with Crippen molar-refractivity contribution in [3.8, 4) is 0 Å². The molecule has 0 aromatic heterocycles. The maximum Gasteiger partial charge on any atom is 0.0814 e. The summed E-state index contributed by atoms with van der Waals surface area (Å²) < 4.78 is 5.40. The molecule has 0 bridgehead atoms. The third-order valence-corrected chi connectivity index (χ3v) is 2.58. The van der Waals surface area contributed by atoms with Gasteiger partial charge in [-0.05, 0) is 38.8 Å². The van der Waals surface area contributed by atoms with Crippen molar-refractivity contribution in [2.75, 3.05) is 6.61 Å². The summed E-state index contributed by atoms with van der Waals surface area (Å²) in [4.78, 5) is 0. The largest absolute Gasteiger partial charge is 0.390 e. The maximum atomic E-state index is 9.84. The highest BCUT2D eigenvalue weighted by molar-refractivity contribution is 5.30. The van der Waals surface area contributed by atoms with E-state index in [0.717, 1.165) is 0 Å². The minimum Gasteiger partial charge on any atom is -0.390 e. The fraction of sp³-hybridized carbons (Fsp3) is 0.571. The topological polar surface area (TPSA) is 29.5 Å². The van der Waals surface area contributed by atoms with Crippen LogP contribution < -0.4 is 0 Å². The van der Waals surface area contributed by atoms with Gasteiger partial charge >= 0.3 is 0 Å². The third kappa shape index (κ3) is 4.33. The average molecular weight is 222 g/mol. The van der Waals surface area contributed by atoms with Crippen LogP contribution in [0.4, 0.5) is 0 Å². The zero-order valence-corrected chi connectivity index (χ0v) is 10.7. The van der Waals surface area contributed by atoms with Gasteiger partial charge in [0.2, 0.25) is 0 Å². The van der Waals surface area contributed by atoms with Crippen molar-refractivity contribution in [3.05, 3.63) is 34.9 Å². The van der Waals surface area contributed by atoms with Crippen LogP contribution >= 0.6 is 0 Å². The normalized spacial score (nSPS) is 13.1. The molecule has 1 unspecified atom stereocenters. The summed E-state index contributed by atoms with van der Waals surface area (Å²) in [5.41, 5.74) is 3.67. The zero-order chi connectivity index (χ0) is 12.1. The van der Waals surface area contributed by atoms with Gasteiger partial charge in [0.25, 0.3) is 0 Å². The molecule has 0 saturated heterocycles. The fourth-order valence-corrected chi connectivity index (χ4v) is 1.64. The van der Waals surface area contributed by atoms with Crippen molar-refractivity contribution in [1.82, 2.24) is 0 Å². The smallest absolute Gasteiger partial charge is 0.0814 e. The third-order valence-electron chi connectivity index (χ3n) is 2.58. The lowest BCUT2D eigenvalue weighted by Gasteiger charge is -2.15. The molecule has 0 saturated carbocycles. The molecular formula is C14H22O2. The van der Waals surface area contributed by atoms with Crippen LogP contribution in [0.1, 0.15) is 30.5 Å². The van der Waals surface area contributed by atoms with Crippen LogP contribution in [0, 0.1) is 13.8 Å². The molecule has 1 N–H and O–H groups in total. The van der Waals surface area contributed by atoms with Crippen LogP contribution in [-0.2, 0) is 11.2 Å². The van der Waals surface area contributed by atoms with Gasteiger partial charge in [0.1, 0.15) is 0 Å². The Balaban J connectivity index is 2.55. The predicted octanol–water partition coefficient (Wildman–Crippen LogP) is 2.63. The second kappa shape index (κ2) is 6.02. The Bertz CT molecular complexity index is 332. The van der Waals surface area contributed by atoms with Crippen LogP contribution in [-0.4, -0.2) is 23.9 Å². The van der Waals surface area contributed by atoms with Crippen LogP contribution in [0.15, 0.2) is 18.2 Å². The summed E-state index contributed by atoms with van der Waals surface area (Å²) in [5.74, 6) is 0. The van der Waals surface area contributed by atoms with Gasteiger partial charge in [0.15, 0.2) is 0 Å². The highest BCUT2D eigenvalue weighted by Gasteiger charge is 2.09. The molecule has 1 aromatic carbocycles. The van der Waals surface area contributed by atoms with Crippen molar-refractivity contribution in [2.24, 2.45) is 0 Å². The minimum absolute atomic E-state index is 0.174. The molecule has 0 radical (unpaired) electrons. The van der Waals surface area contributed by atoms with Crippen molar-refractivity contribution in [2.45, 2.75) is 46.3 Å². The Morgan fingerprint density at radius 1 is 1.25 bits per heavy atom. The van der Waals surface area contributed by atoms with Gasteiger partial charge in [0.05, 0.1) is 18.8 Å². The molecule has 1 atom stereocenters. The Hall–Kier alpha value is -0.860. The molecule has 0 aliphatic carbocycles. The van der Waals surface area contributed by atoms with Crippen LogP contribution in [0.2, 0.25) is 0 Å². The van der Waals surface area contributed by atoms with E-state index in [4.69, 9.17) is 4.74 Å². The van der Waals surface area contributed by atoms with Crippen molar-refractivity contribution in [1.29, 1.82) is 0 Å². The number of ether oxygens (including phenoxy) is 1. The summed E-state index contributed by atoms with van der Waals surface area (Å²) in [6.07, 6.45) is 0.427. The van der Waals surface area contributed by atoms with E-state index in [0.29, 0.717) is 13.0 Å². The van der Waals surface area contributed by atoms with Crippen molar-refractivity contribution < 1.29 is 9.84 Å². The molecule has 0 aliphatic heterocycles. The molecule has 16 heavy (non-hydrogen) atoms. The number of hydrogen-bond donors (Lipinski definition) is 1. The van der Waals surface area contributed by atoms with E-state index in [1.165, 1.54) is 16.7 Å². The first-order valence-corrected chi connectivity index (χ1v) is 5.85. The lowest BCUT2D eigenvalue weighted by molar-refractivity contribution is 0.00616. The van der Waals surface area contributed by atoms with E-state index in [-0.39, 0.29) is 6.10 Å². The summed E-state index contributed by atoms with van der Waals surface area (Å²) in [6.45, 7) is 8.51. The maximum absolute atomic E-state index is 9.84. The molecule has 0 fully saturated rings. The predicted molar refractivity (Wildman–Crippen MR) is 66.7 cm³/mol. The Labute approximate surface area is 98.3 Å². The van der Waals surface area contributed by atoms with Gasteiger partial charge in [-0.25, -0.2) is 0 Å². The van der Waals surface area contributed by atoms with E-state index < -0.39 is 6.10 Å². The molecule has 0 heterocycles. The van der Waals surface area contributed by atoms with E-state index in [2.05, 4.69) is 32.0 Å². The first-order chi connectivity index (χ1) is 7.49. The average Bonchev–Trinajstić information content (AvgIpc) is 2.20. The summed E-state index contributed by atoms with van der Waals surface area (Å²) in [7, 11) is 0. The lowest BCUT2D eigenvalue weighted by Crippen LogP contribution is -2.21. The SMILES string of the molecule is Cc1ccc(C)c(CC(O)COC(C)C)c1. The van der Waals surface area contributed by atoms with Gasteiger partial charge in [-0.15, -0.1) is 0 Å². The zero-order valence-electron chi connectivity index (χ0n) is 10.7. The monoisotopic (exact) mass is 222 g/mol. The molecule has 1 aromatic rings. The highest BCUT2D eigenvalue weighted by Crippen LogP contribution is 2.13. The number of rotatable bonds is 5. The molecular weight excluding hydrogens is 200 g/mol. The van der Waals surface area contributed by atoms with Crippen LogP contribution in [0.5, 0.6) is 0 Å². The Morgan fingerprint density at radius 2 is 1.94 bits per heavy atom. The lowest BCUT2D eigenvalue weighted by atomic mass is 10.0. The first-order valence-electron chi connectivity index (χ1n) is 5.85. The van der Waals surface area contributed by atoms with E-state index in [1.54, 1.807) is 0 Å². The minimum atomic E-state index is -0.414. The number of aliphatic hydroxyl groups excluding tert-OH is 1. The van der Waals surface area contributed by atoms with E-state index in [1.807, 2.05) is 13.8 Å².